The molecule has 6 heteroatoms. The number of nitrogens with one attached hydrogen (secondary N) is 1. The Labute approximate surface area is 127 Å². The second-order valence-electron chi connectivity index (χ2n) is 6.60. The van der Waals surface area contributed by atoms with Crippen molar-refractivity contribution in [2.75, 3.05) is 0 Å². The molecular formula is C13H24Cl2N4. The summed E-state index contributed by atoms with van der Waals surface area (Å²) < 4.78 is 2.10. The fourth-order valence-corrected chi connectivity index (χ4v) is 3.04. The van der Waals surface area contributed by atoms with Gasteiger partial charge in [-0.3, -0.25) is 0 Å². The van der Waals surface area contributed by atoms with Gasteiger partial charge in [0.2, 0.25) is 0 Å². The minimum atomic E-state index is 0. The quantitative estimate of drug-likeness (QED) is 0.867. The standard InChI is InChI=1S/C13H22N4.2ClH/c1-13(2,3)12-8-17(16-15-12)11-6-9-4-5-10(7-11)14-9;;/h8-11,14H,4-7H2,1-3H3;2*1H. The highest BCUT2D eigenvalue weighted by Gasteiger charge is 2.35. The summed E-state index contributed by atoms with van der Waals surface area (Å²) in [6.45, 7) is 6.56. The van der Waals surface area contributed by atoms with Crippen LogP contribution in [0.5, 0.6) is 0 Å². The first-order valence-electron chi connectivity index (χ1n) is 6.71. The molecule has 2 saturated heterocycles. The number of fused-ring (bicyclic) bond motifs is 2. The van der Waals surface area contributed by atoms with Gasteiger partial charge in [-0.1, -0.05) is 26.0 Å². The fraction of sp³-hybridized carbons (Fsp3) is 0.846. The Morgan fingerprint density at radius 2 is 1.74 bits per heavy atom. The number of piperidine rings is 1. The molecule has 0 saturated carbocycles. The highest BCUT2D eigenvalue weighted by Crippen LogP contribution is 2.34. The zero-order chi connectivity index (χ0) is 12.0. The topological polar surface area (TPSA) is 42.7 Å². The summed E-state index contributed by atoms with van der Waals surface area (Å²) in [5.41, 5.74) is 1.20. The van der Waals surface area contributed by atoms with Crippen molar-refractivity contribution < 1.29 is 0 Å². The van der Waals surface area contributed by atoms with E-state index >= 15 is 0 Å². The van der Waals surface area contributed by atoms with Gasteiger partial charge in [-0.05, 0) is 25.7 Å². The van der Waals surface area contributed by atoms with Gasteiger partial charge < -0.3 is 5.32 Å². The molecule has 1 aromatic heterocycles. The fourth-order valence-electron chi connectivity index (χ4n) is 3.04. The zero-order valence-corrected chi connectivity index (χ0v) is 13.4. The zero-order valence-electron chi connectivity index (χ0n) is 11.8. The third-order valence-electron chi connectivity index (χ3n) is 4.10. The molecule has 4 nitrogen and oxygen atoms in total. The van der Waals surface area contributed by atoms with Crippen LogP contribution in [-0.2, 0) is 5.41 Å². The van der Waals surface area contributed by atoms with E-state index in [1.807, 2.05) is 0 Å². The third kappa shape index (κ3) is 3.41. The van der Waals surface area contributed by atoms with Gasteiger partial charge in [-0.2, -0.15) is 0 Å². The molecule has 0 aliphatic carbocycles. The average Bonchev–Trinajstić information content (AvgIpc) is 2.84. The summed E-state index contributed by atoms with van der Waals surface area (Å²) in [7, 11) is 0. The Morgan fingerprint density at radius 3 is 2.21 bits per heavy atom. The first kappa shape index (κ1) is 16.7. The Morgan fingerprint density at radius 1 is 1.16 bits per heavy atom. The first-order chi connectivity index (χ1) is 8.02. The van der Waals surface area contributed by atoms with Crippen molar-refractivity contribution in [3.63, 3.8) is 0 Å². The van der Waals surface area contributed by atoms with E-state index < -0.39 is 0 Å². The normalized spacial score (nSPS) is 29.5. The first-order valence-corrected chi connectivity index (χ1v) is 6.71. The molecule has 2 bridgehead atoms. The molecule has 0 aromatic carbocycles. The molecule has 2 aliphatic rings. The van der Waals surface area contributed by atoms with Gasteiger partial charge in [-0.25, -0.2) is 4.68 Å². The lowest BCUT2D eigenvalue weighted by Gasteiger charge is -2.28. The van der Waals surface area contributed by atoms with Crippen LogP contribution >= 0.6 is 24.8 Å². The molecule has 2 unspecified atom stereocenters. The van der Waals surface area contributed by atoms with E-state index in [1.54, 1.807) is 0 Å². The number of rotatable bonds is 1. The van der Waals surface area contributed by atoms with E-state index in [1.165, 1.54) is 25.7 Å². The van der Waals surface area contributed by atoms with E-state index in [2.05, 4.69) is 47.3 Å². The summed E-state index contributed by atoms with van der Waals surface area (Å²) >= 11 is 0. The van der Waals surface area contributed by atoms with Crippen molar-refractivity contribution in [2.24, 2.45) is 0 Å². The SMILES string of the molecule is CC(C)(C)c1cn(C2CC3CCC(C2)N3)nn1.Cl.Cl. The van der Waals surface area contributed by atoms with Crippen LogP contribution in [0.2, 0.25) is 0 Å². The maximum atomic E-state index is 4.34. The van der Waals surface area contributed by atoms with Gasteiger partial charge in [0, 0.05) is 23.7 Å². The van der Waals surface area contributed by atoms with Crippen molar-refractivity contribution >= 4 is 24.8 Å². The average molecular weight is 307 g/mol. The van der Waals surface area contributed by atoms with E-state index in [4.69, 9.17) is 0 Å². The molecule has 3 heterocycles. The van der Waals surface area contributed by atoms with Crippen LogP contribution in [0, 0.1) is 0 Å². The molecule has 3 rings (SSSR count). The molecular weight excluding hydrogens is 283 g/mol. The van der Waals surface area contributed by atoms with Crippen LogP contribution in [0.4, 0.5) is 0 Å². The number of hydrogen-bond donors (Lipinski definition) is 1. The van der Waals surface area contributed by atoms with Gasteiger partial charge in [-0.15, -0.1) is 29.9 Å². The summed E-state index contributed by atoms with van der Waals surface area (Å²) in [4.78, 5) is 0. The summed E-state index contributed by atoms with van der Waals surface area (Å²) in [6.07, 6.45) is 7.24. The number of nitrogens with zero attached hydrogens (tertiary/aromatic N) is 3. The minimum absolute atomic E-state index is 0. The van der Waals surface area contributed by atoms with Crippen LogP contribution in [0.25, 0.3) is 0 Å². The second kappa shape index (κ2) is 5.98. The maximum absolute atomic E-state index is 4.34. The molecule has 0 amide bonds. The lowest BCUT2D eigenvalue weighted by molar-refractivity contribution is 0.278. The van der Waals surface area contributed by atoms with E-state index in [0.717, 1.165) is 5.69 Å². The van der Waals surface area contributed by atoms with Crippen molar-refractivity contribution in [1.82, 2.24) is 20.3 Å². The Kier molecular flexibility index (Phi) is 5.27. The lowest BCUT2D eigenvalue weighted by atomic mass is 9.93. The minimum Gasteiger partial charge on any atom is -0.311 e. The van der Waals surface area contributed by atoms with Gasteiger partial charge in [0.15, 0.2) is 0 Å². The van der Waals surface area contributed by atoms with Crippen LogP contribution in [0.15, 0.2) is 6.20 Å². The molecule has 0 spiro atoms. The van der Waals surface area contributed by atoms with Gasteiger partial charge in [0.05, 0.1) is 11.7 Å². The van der Waals surface area contributed by atoms with E-state index in [0.29, 0.717) is 18.1 Å². The van der Waals surface area contributed by atoms with Crippen molar-refractivity contribution in [3.05, 3.63) is 11.9 Å². The molecule has 110 valence electrons. The molecule has 2 fully saturated rings. The Balaban J connectivity index is 0.000000902. The highest BCUT2D eigenvalue weighted by molar-refractivity contribution is 5.85. The second-order valence-corrected chi connectivity index (χ2v) is 6.60. The Bertz CT molecular complexity index is 401. The molecule has 19 heavy (non-hydrogen) atoms. The van der Waals surface area contributed by atoms with Crippen molar-refractivity contribution in [1.29, 1.82) is 0 Å². The van der Waals surface area contributed by atoms with Gasteiger partial charge in [0.1, 0.15) is 0 Å². The van der Waals surface area contributed by atoms with Gasteiger partial charge in [0.25, 0.3) is 0 Å². The monoisotopic (exact) mass is 306 g/mol. The number of hydrogen-bond acceptors (Lipinski definition) is 3. The molecule has 1 N–H and O–H groups in total. The van der Waals surface area contributed by atoms with Crippen LogP contribution in [0.3, 0.4) is 0 Å². The molecule has 2 atom stereocenters. The van der Waals surface area contributed by atoms with Crippen LogP contribution in [0.1, 0.15) is 58.2 Å². The summed E-state index contributed by atoms with van der Waals surface area (Å²) in [5, 5.41) is 12.3. The van der Waals surface area contributed by atoms with E-state index in [-0.39, 0.29) is 30.2 Å². The largest absolute Gasteiger partial charge is 0.311 e. The predicted molar refractivity (Wildman–Crippen MR) is 81.4 cm³/mol. The van der Waals surface area contributed by atoms with Crippen LogP contribution in [-0.4, -0.2) is 27.1 Å². The maximum Gasteiger partial charge on any atom is 0.0880 e. The van der Waals surface area contributed by atoms with E-state index in [9.17, 15) is 0 Å². The highest BCUT2D eigenvalue weighted by atomic mass is 35.5. The molecule has 2 aliphatic heterocycles. The lowest BCUT2D eigenvalue weighted by Crippen LogP contribution is -2.39. The Hall–Kier alpha value is -0.320. The molecule has 0 radical (unpaired) electrons. The van der Waals surface area contributed by atoms with Crippen LogP contribution < -0.4 is 5.32 Å². The summed E-state index contributed by atoms with van der Waals surface area (Å²) in [6, 6.07) is 1.97. The summed E-state index contributed by atoms with van der Waals surface area (Å²) in [5.74, 6) is 0. The number of aromatic nitrogens is 3. The van der Waals surface area contributed by atoms with Crippen molar-refractivity contribution in [2.45, 2.75) is 70.0 Å². The van der Waals surface area contributed by atoms with Gasteiger partial charge >= 0.3 is 0 Å². The smallest absolute Gasteiger partial charge is 0.0880 e. The third-order valence-corrected chi connectivity index (χ3v) is 4.10. The molecule has 1 aromatic rings. The number of halogens is 2. The predicted octanol–water partition coefficient (Wildman–Crippen LogP) is 2.87. The van der Waals surface area contributed by atoms with Crippen molar-refractivity contribution in [3.8, 4) is 0 Å².